The molecule has 1 aromatic carbocycles. The van der Waals surface area contributed by atoms with Crippen LogP contribution in [0.2, 0.25) is 0 Å². The van der Waals surface area contributed by atoms with Gasteiger partial charge in [0.25, 0.3) is 5.91 Å². The molecule has 1 aliphatic carbocycles. The summed E-state index contributed by atoms with van der Waals surface area (Å²) in [5.41, 5.74) is 3.28. The van der Waals surface area contributed by atoms with Crippen LogP contribution in [0.25, 0.3) is 22.0 Å². The third-order valence-corrected chi connectivity index (χ3v) is 5.22. The molecule has 1 fully saturated rings. The van der Waals surface area contributed by atoms with Gasteiger partial charge >= 0.3 is 0 Å². The number of halogens is 1. The Kier molecular flexibility index (Phi) is 4.66. The van der Waals surface area contributed by atoms with E-state index in [0.717, 1.165) is 40.9 Å². The second kappa shape index (κ2) is 7.64. The minimum Gasteiger partial charge on any atom is -0.359 e. The van der Waals surface area contributed by atoms with Crippen molar-refractivity contribution in [3.05, 3.63) is 72.6 Å². The summed E-state index contributed by atoms with van der Waals surface area (Å²) in [5, 5.41) is 6.57. The maximum Gasteiger partial charge on any atom is 0.255 e. The van der Waals surface area contributed by atoms with E-state index in [1.165, 1.54) is 12.3 Å². The van der Waals surface area contributed by atoms with Gasteiger partial charge in [0, 0.05) is 47.1 Å². The molecule has 3 aromatic heterocycles. The first-order chi connectivity index (χ1) is 15.1. The van der Waals surface area contributed by atoms with Crippen LogP contribution < -0.4 is 10.6 Å². The molecule has 0 unspecified atom stereocenters. The van der Waals surface area contributed by atoms with E-state index < -0.39 is 11.9 Å². The number of hydrogen-bond donors (Lipinski definition) is 3. The molecule has 31 heavy (non-hydrogen) atoms. The molecule has 3 heterocycles. The van der Waals surface area contributed by atoms with Crippen molar-refractivity contribution in [3.8, 4) is 11.1 Å². The third-order valence-electron chi connectivity index (χ3n) is 5.22. The average molecular weight is 415 g/mol. The second-order valence-corrected chi connectivity index (χ2v) is 7.45. The summed E-state index contributed by atoms with van der Waals surface area (Å²) < 4.78 is 13.3. The molecule has 3 N–H and O–H groups in total. The number of carbonyl (C=O) groups excluding carboxylic acids is 2. The number of benzene rings is 1. The molecule has 1 aliphatic rings. The van der Waals surface area contributed by atoms with E-state index in [4.69, 9.17) is 0 Å². The highest BCUT2D eigenvalue weighted by Gasteiger charge is 2.29. The molecule has 0 bridgehead atoms. The van der Waals surface area contributed by atoms with Crippen molar-refractivity contribution in [3.63, 3.8) is 0 Å². The number of nitrogens with one attached hydrogen (secondary N) is 3. The van der Waals surface area contributed by atoms with Crippen LogP contribution in [-0.4, -0.2) is 26.8 Å². The van der Waals surface area contributed by atoms with Gasteiger partial charge in [0.2, 0.25) is 11.9 Å². The van der Waals surface area contributed by atoms with Gasteiger partial charge in [-0.15, -0.1) is 0 Å². The minimum absolute atomic E-state index is 0.00104. The molecule has 0 atom stereocenters. The van der Waals surface area contributed by atoms with Gasteiger partial charge in [-0.2, -0.15) is 4.39 Å². The van der Waals surface area contributed by atoms with E-state index in [0.29, 0.717) is 11.5 Å². The monoisotopic (exact) mass is 415 g/mol. The fraction of sp³-hybridized carbons (Fsp3) is 0.130. The number of fused-ring (bicyclic) bond motifs is 1. The molecule has 154 valence electrons. The van der Waals surface area contributed by atoms with Gasteiger partial charge < -0.3 is 15.6 Å². The second-order valence-electron chi connectivity index (χ2n) is 7.45. The predicted molar refractivity (Wildman–Crippen MR) is 115 cm³/mol. The lowest BCUT2D eigenvalue weighted by Gasteiger charge is -2.08. The molecule has 0 spiro atoms. The topological polar surface area (TPSA) is 99.8 Å². The summed E-state index contributed by atoms with van der Waals surface area (Å²) in [6.07, 6.45) is 6.60. The van der Waals surface area contributed by atoms with Crippen molar-refractivity contribution in [2.75, 3.05) is 10.6 Å². The molecule has 4 aromatic rings. The highest BCUT2D eigenvalue weighted by Crippen LogP contribution is 2.34. The van der Waals surface area contributed by atoms with Crippen LogP contribution in [0.15, 0.2) is 61.1 Å². The molecule has 0 aliphatic heterocycles. The number of para-hydroxylation sites is 1. The van der Waals surface area contributed by atoms with Crippen LogP contribution in [0.3, 0.4) is 0 Å². The van der Waals surface area contributed by atoms with Crippen LogP contribution in [0.5, 0.6) is 0 Å². The number of hydrogen-bond acceptors (Lipinski definition) is 4. The van der Waals surface area contributed by atoms with Crippen LogP contribution >= 0.6 is 0 Å². The minimum atomic E-state index is -0.713. The lowest BCUT2D eigenvalue weighted by molar-refractivity contribution is -0.117. The number of pyridine rings is 2. The zero-order chi connectivity index (χ0) is 21.4. The summed E-state index contributed by atoms with van der Waals surface area (Å²) in [5.74, 6) is -0.540. The molecule has 7 nitrogen and oxygen atoms in total. The maximum absolute atomic E-state index is 13.3. The molecule has 1 saturated carbocycles. The highest BCUT2D eigenvalue weighted by atomic mass is 19.1. The van der Waals surface area contributed by atoms with E-state index >= 15 is 0 Å². The van der Waals surface area contributed by atoms with Gasteiger partial charge in [0.15, 0.2) is 0 Å². The standard InChI is InChI=1S/C23H18FN5O2/c24-19-10-15(7-8-25-19)23(31)28-18-3-1-2-16-17(12-27-21(16)18)14-6-9-26-20(11-14)29-22(30)13-4-5-13/h1-3,6-13,27H,4-5H2,(H,28,31)(H,26,29,30). The fourth-order valence-corrected chi connectivity index (χ4v) is 3.48. The van der Waals surface area contributed by atoms with E-state index in [1.54, 1.807) is 12.3 Å². The Labute approximate surface area is 176 Å². The van der Waals surface area contributed by atoms with E-state index in [1.807, 2.05) is 30.5 Å². The lowest BCUT2D eigenvalue weighted by atomic mass is 10.1. The zero-order valence-electron chi connectivity index (χ0n) is 16.4. The van der Waals surface area contributed by atoms with Crippen LogP contribution in [0, 0.1) is 11.9 Å². The van der Waals surface area contributed by atoms with Crippen molar-refractivity contribution < 1.29 is 14.0 Å². The molecular formula is C23H18FN5O2. The SMILES string of the molecule is O=C(Nc1cccc2c(-c3ccnc(NC(=O)C4CC4)c3)c[nH]c12)c1ccnc(F)c1. The molecule has 0 saturated heterocycles. The summed E-state index contributed by atoms with van der Waals surface area (Å²) in [6, 6.07) is 11.8. The number of aromatic nitrogens is 3. The van der Waals surface area contributed by atoms with Crippen LogP contribution in [-0.2, 0) is 4.79 Å². The van der Waals surface area contributed by atoms with Crippen LogP contribution in [0.1, 0.15) is 23.2 Å². The fourth-order valence-electron chi connectivity index (χ4n) is 3.48. The van der Waals surface area contributed by atoms with Crippen molar-refractivity contribution in [2.24, 2.45) is 5.92 Å². The number of anilines is 2. The first-order valence-electron chi connectivity index (χ1n) is 9.89. The average Bonchev–Trinajstić information content (AvgIpc) is 3.53. The third kappa shape index (κ3) is 3.87. The molecular weight excluding hydrogens is 397 g/mol. The smallest absolute Gasteiger partial charge is 0.255 e. The molecule has 2 amide bonds. The van der Waals surface area contributed by atoms with Crippen LogP contribution in [0.4, 0.5) is 15.9 Å². The summed E-state index contributed by atoms with van der Waals surface area (Å²) >= 11 is 0. The Morgan fingerprint density at radius 3 is 2.68 bits per heavy atom. The number of aromatic amines is 1. The Morgan fingerprint density at radius 1 is 1.03 bits per heavy atom. The van der Waals surface area contributed by atoms with Crippen molar-refractivity contribution >= 4 is 34.2 Å². The number of amides is 2. The normalized spacial score (nSPS) is 13.2. The van der Waals surface area contributed by atoms with Crippen molar-refractivity contribution in [1.29, 1.82) is 0 Å². The van der Waals surface area contributed by atoms with Gasteiger partial charge in [0.05, 0.1) is 11.2 Å². The predicted octanol–water partition coefficient (Wildman–Crippen LogP) is 4.36. The Balaban J connectivity index is 1.44. The maximum atomic E-state index is 13.3. The summed E-state index contributed by atoms with van der Waals surface area (Å²) in [4.78, 5) is 35.5. The van der Waals surface area contributed by atoms with Gasteiger partial charge in [-0.1, -0.05) is 12.1 Å². The molecule has 0 radical (unpaired) electrons. The number of H-pyrrole nitrogens is 1. The quantitative estimate of drug-likeness (QED) is 0.422. The highest BCUT2D eigenvalue weighted by molar-refractivity contribution is 6.10. The Hall–Kier alpha value is -4.07. The van der Waals surface area contributed by atoms with Gasteiger partial charge in [-0.3, -0.25) is 9.59 Å². The first-order valence-corrected chi connectivity index (χ1v) is 9.89. The van der Waals surface area contributed by atoms with E-state index in [2.05, 4.69) is 25.6 Å². The number of carbonyl (C=O) groups is 2. The lowest BCUT2D eigenvalue weighted by Crippen LogP contribution is -2.14. The summed E-state index contributed by atoms with van der Waals surface area (Å²) in [7, 11) is 0. The zero-order valence-corrected chi connectivity index (χ0v) is 16.4. The van der Waals surface area contributed by atoms with E-state index in [9.17, 15) is 14.0 Å². The summed E-state index contributed by atoms with van der Waals surface area (Å²) in [6.45, 7) is 0. The van der Waals surface area contributed by atoms with Crippen molar-refractivity contribution in [1.82, 2.24) is 15.0 Å². The van der Waals surface area contributed by atoms with E-state index in [-0.39, 0.29) is 17.4 Å². The first kappa shape index (κ1) is 18.9. The number of rotatable bonds is 5. The van der Waals surface area contributed by atoms with Gasteiger partial charge in [-0.25, -0.2) is 9.97 Å². The van der Waals surface area contributed by atoms with Gasteiger partial charge in [-0.05, 0) is 42.7 Å². The van der Waals surface area contributed by atoms with Gasteiger partial charge in [0.1, 0.15) is 5.82 Å². The largest absolute Gasteiger partial charge is 0.359 e. The Morgan fingerprint density at radius 2 is 1.87 bits per heavy atom. The molecule has 8 heteroatoms. The van der Waals surface area contributed by atoms with Crippen molar-refractivity contribution in [2.45, 2.75) is 12.8 Å². The number of nitrogens with zero attached hydrogens (tertiary/aromatic N) is 2. The molecule has 5 rings (SSSR count). The Bertz CT molecular complexity index is 1310.